The number of ether oxygens (including phenoxy) is 3. The van der Waals surface area contributed by atoms with Gasteiger partial charge in [0, 0.05) is 13.0 Å². The standard InChI is InChI=1S/C10H20O3/c1-7(11-5)9-6-12-10(3,4)13-8(9)2/h7-9H,6H2,1-5H3. The Balaban J connectivity index is 2.53. The molecule has 0 aliphatic carbocycles. The van der Waals surface area contributed by atoms with Crippen LogP contribution in [0.3, 0.4) is 0 Å². The Kier molecular flexibility index (Phi) is 3.33. The molecule has 1 heterocycles. The molecule has 78 valence electrons. The third-order valence-corrected chi connectivity index (χ3v) is 2.67. The third kappa shape index (κ3) is 2.66. The van der Waals surface area contributed by atoms with Gasteiger partial charge in [-0.15, -0.1) is 0 Å². The van der Waals surface area contributed by atoms with Crippen molar-refractivity contribution in [2.24, 2.45) is 5.92 Å². The summed E-state index contributed by atoms with van der Waals surface area (Å²) < 4.78 is 16.5. The molecule has 3 nitrogen and oxygen atoms in total. The van der Waals surface area contributed by atoms with Crippen molar-refractivity contribution in [1.29, 1.82) is 0 Å². The number of rotatable bonds is 2. The fourth-order valence-electron chi connectivity index (χ4n) is 1.69. The average Bonchev–Trinajstić information content (AvgIpc) is 2.01. The van der Waals surface area contributed by atoms with E-state index in [1.54, 1.807) is 7.11 Å². The molecule has 0 aromatic rings. The summed E-state index contributed by atoms with van der Waals surface area (Å²) in [5.41, 5.74) is 0. The van der Waals surface area contributed by atoms with E-state index >= 15 is 0 Å². The second kappa shape index (κ2) is 3.95. The molecule has 1 rings (SSSR count). The van der Waals surface area contributed by atoms with E-state index in [4.69, 9.17) is 14.2 Å². The van der Waals surface area contributed by atoms with E-state index in [0.29, 0.717) is 12.5 Å². The van der Waals surface area contributed by atoms with Gasteiger partial charge < -0.3 is 14.2 Å². The monoisotopic (exact) mass is 188 g/mol. The third-order valence-electron chi connectivity index (χ3n) is 2.67. The molecule has 1 aliphatic heterocycles. The SMILES string of the molecule is COC(C)C1COC(C)(C)OC1C. The van der Waals surface area contributed by atoms with Crippen LogP contribution in [0.2, 0.25) is 0 Å². The summed E-state index contributed by atoms with van der Waals surface area (Å²) in [6.45, 7) is 8.72. The lowest BCUT2D eigenvalue weighted by Crippen LogP contribution is -2.48. The van der Waals surface area contributed by atoms with Crippen molar-refractivity contribution in [3.8, 4) is 0 Å². The van der Waals surface area contributed by atoms with Crippen LogP contribution in [-0.4, -0.2) is 31.7 Å². The quantitative estimate of drug-likeness (QED) is 0.661. The van der Waals surface area contributed by atoms with Crippen LogP contribution in [0.25, 0.3) is 0 Å². The molecule has 0 amide bonds. The van der Waals surface area contributed by atoms with Gasteiger partial charge >= 0.3 is 0 Å². The molecule has 13 heavy (non-hydrogen) atoms. The van der Waals surface area contributed by atoms with Crippen molar-refractivity contribution in [2.45, 2.75) is 45.7 Å². The molecule has 1 aliphatic rings. The normalized spacial score (nSPS) is 35.8. The van der Waals surface area contributed by atoms with Gasteiger partial charge in [-0.1, -0.05) is 0 Å². The van der Waals surface area contributed by atoms with Crippen LogP contribution < -0.4 is 0 Å². The van der Waals surface area contributed by atoms with Crippen molar-refractivity contribution >= 4 is 0 Å². The molecule has 0 radical (unpaired) electrons. The van der Waals surface area contributed by atoms with Crippen molar-refractivity contribution in [3.05, 3.63) is 0 Å². The van der Waals surface area contributed by atoms with Crippen LogP contribution in [0.1, 0.15) is 27.7 Å². The van der Waals surface area contributed by atoms with E-state index in [-0.39, 0.29) is 12.2 Å². The average molecular weight is 188 g/mol. The molecule has 1 saturated heterocycles. The lowest BCUT2D eigenvalue weighted by molar-refractivity contribution is -0.298. The van der Waals surface area contributed by atoms with Crippen molar-refractivity contribution in [3.63, 3.8) is 0 Å². The Bertz CT molecular complexity index is 168. The Hall–Kier alpha value is -0.120. The van der Waals surface area contributed by atoms with E-state index in [1.807, 2.05) is 20.8 Å². The maximum absolute atomic E-state index is 5.71. The maximum atomic E-state index is 5.71. The second-order valence-electron chi connectivity index (χ2n) is 4.14. The summed E-state index contributed by atoms with van der Waals surface area (Å²) in [5.74, 6) is -0.110. The molecule has 0 bridgehead atoms. The minimum atomic E-state index is -0.441. The molecule has 1 fully saturated rings. The predicted octanol–water partition coefficient (Wildman–Crippen LogP) is 1.81. The Morgan fingerprint density at radius 3 is 2.54 bits per heavy atom. The van der Waals surface area contributed by atoms with Crippen LogP contribution in [0.5, 0.6) is 0 Å². The maximum Gasteiger partial charge on any atom is 0.163 e. The molecule has 0 aromatic carbocycles. The molecule has 0 saturated carbocycles. The van der Waals surface area contributed by atoms with Gasteiger partial charge in [-0.25, -0.2) is 0 Å². The summed E-state index contributed by atoms with van der Waals surface area (Å²) in [6, 6.07) is 0. The molecule has 0 spiro atoms. The summed E-state index contributed by atoms with van der Waals surface area (Å²) >= 11 is 0. The first-order valence-corrected chi connectivity index (χ1v) is 4.81. The van der Waals surface area contributed by atoms with Gasteiger partial charge in [-0.2, -0.15) is 0 Å². The summed E-state index contributed by atoms with van der Waals surface area (Å²) in [6.07, 6.45) is 0.379. The van der Waals surface area contributed by atoms with Crippen LogP contribution in [-0.2, 0) is 14.2 Å². The molecule has 0 N–H and O–H groups in total. The lowest BCUT2D eigenvalue weighted by atomic mass is 9.97. The van der Waals surface area contributed by atoms with Gasteiger partial charge in [-0.05, 0) is 27.7 Å². The highest BCUT2D eigenvalue weighted by Gasteiger charge is 2.36. The van der Waals surface area contributed by atoms with Gasteiger partial charge in [0.2, 0.25) is 0 Å². The van der Waals surface area contributed by atoms with Crippen molar-refractivity contribution in [1.82, 2.24) is 0 Å². The Labute approximate surface area is 80.4 Å². The topological polar surface area (TPSA) is 27.7 Å². The van der Waals surface area contributed by atoms with Crippen molar-refractivity contribution in [2.75, 3.05) is 13.7 Å². The molecule has 3 unspecified atom stereocenters. The number of methoxy groups -OCH3 is 1. The van der Waals surface area contributed by atoms with Gasteiger partial charge in [0.1, 0.15) is 0 Å². The lowest BCUT2D eigenvalue weighted by Gasteiger charge is -2.41. The minimum absolute atomic E-state index is 0.186. The first kappa shape index (κ1) is 11.0. The van der Waals surface area contributed by atoms with Gasteiger partial charge in [0.25, 0.3) is 0 Å². The van der Waals surface area contributed by atoms with Gasteiger partial charge in [0.15, 0.2) is 5.79 Å². The van der Waals surface area contributed by atoms with Gasteiger partial charge in [-0.3, -0.25) is 0 Å². The summed E-state index contributed by atoms with van der Waals surface area (Å²) in [4.78, 5) is 0. The smallest absolute Gasteiger partial charge is 0.163 e. The van der Waals surface area contributed by atoms with E-state index in [9.17, 15) is 0 Å². The van der Waals surface area contributed by atoms with E-state index in [1.165, 1.54) is 0 Å². The fourth-order valence-corrected chi connectivity index (χ4v) is 1.69. The van der Waals surface area contributed by atoms with Gasteiger partial charge in [0.05, 0.1) is 18.8 Å². The molecular formula is C10H20O3. The predicted molar refractivity (Wildman–Crippen MR) is 50.5 cm³/mol. The summed E-state index contributed by atoms with van der Waals surface area (Å²) in [7, 11) is 1.72. The zero-order chi connectivity index (χ0) is 10.1. The second-order valence-corrected chi connectivity index (χ2v) is 4.14. The molecular weight excluding hydrogens is 168 g/mol. The van der Waals surface area contributed by atoms with Crippen molar-refractivity contribution < 1.29 is 14.2 Å². The van der Waals surface area contributed by atoms with E-state index < -0.39 is 5.79 Å². The minimum Gasteiger partial charge on any atom is -0.381 e. The molecule has 3 heteroatoms. The molecule has 0 aromatic heterocycles. The van der Waals surface area contributed by atoms with E-state index in [2.05, 4.69) is 6.92 Å². The highest BCUT2D eigenvalue weighted by Crippen LogP contribution is 2.28. The molecule has 3 atom stereocenters. The van der Waals surface area contributed by atoms with E-state index in [0.717, 1.165) is 0 Å². The van der Waals surface area contributed by atoms with Crippen LogP contribution >= 0.6 is 0 Å². The summed E-state index contributed by atoms with van der Waals surface area (Å²) in [5, 5.41) is 0. The zero-order valence-electron chi connectivity index (χ0n) is 9.16. The number of hydrogen-bond acceptors (Lipinski definition) is 3. The highest BCUT2D eigenvalue weighted by molar-refractivity contribution is 4.78. The zero-order valence-corrected chi connectivity index (χ0v) is 9.16. The van der Waals surface area contributed by atoms with Crippen LogP contribution in [0, 0.1) is 5.92 Å². The largest absolute Gasteiger partial charge is 0.381 e. The fraction of sp³-hybridized carbons (Fsp3) is 1.00. The highest BCUT2D eigenvalue weighted by atomic mass is 16.7. The Morgan fingerprint density at radius 1 is 1.46 bits per heavy atom. The Morgan fingerprint density at radius 2 is 2.08 bits per heavy atom. The van der Waals surface area contributed by atoms with Crippen LogP contribution in [0.15, 0.2) is 0 Å². The first-order valence-electron chi connectivity index (χ1n) is 4.81. The first-order chi connectivity index (χ1) is 5.96. The van der Waals surface area contributed by atoms with Crippen LogP contribution in [0.4, 0.5) is 0 Å². The number of hydrogen-bond donors (Lipinski definition) is 0.